The average Bonchev–Trinajstić information content (AvgIpc) is 3.59. The lowest BCUT2D eigenvalue weighted by atomic mass is 9.94. The molecule has 3 heterocycles. The van der Waals surface area contributed by atoms with Gasteiger partial charge in [-0.05, 0) is 52.9 Å². The first-order valence-corrected chi connectivity index (χ1v) is 10.3. The Labute approximate surface area is 174 Å². The zero-order chi connectivity index (χ0) is 20.1. The molecular weight excluding hydrogens is 373 g/mol. The molecule has 0 saturated heterocycles. The van der Waals surface area contributed by atoms with Crippen LogP contribution in [0.1, 0.15) is 29.2 Å². The molecule has 2 aliphatic rings. The van der Waals surface area contributed by atoms with E-state index < -0.39 is 5.95 Å². The Hall–Kier alpha value is -3.53. The van der Waals surface area contributed by atoms with Crippen LogP contribution in [0.15, 0.2) is 79.1 Å². The molecule has 2 unspecified atom stereocenters. The second-order valence-corrected chi connectivity index (χ2v) is 8.07. The summed E-state index contributed by atoms with van der Waals surface area (Å²) in [5.74, 6) is 0.00397. The Morgan fingerprint density at radius 3 is 2.83 bits per heavy atom. The standard InChI is InChI=1S/C26H20FN3/c27-26-14-19(10-12-28-26)20-6-3-5-17-11-13-30(16-22(17)20)25-15-21(25)24-9-8-18-4-1-2-7-23(18)29-24/h1-14,21,25H,15-16H2. The largest absolute Gasteiger partial charge is 0.369 e. The van der Waals surface area contributed by atoms with Crippen molar-refractivity contribution in [1.29, 1.82) is 0 Å². The van der Waals surface area contributed by atoms with Crippen molar-refractivity contribution in [3.05, 3.63) is 102 Å². The van der Waals surface area contributed by atoms with Gasteiger partial charge < -0.3 is 4.90 Å². The van der Waals surface area contributed by atoms with Gasteiger partial charge in [-0.1, -0.05) is 42.5 Å². The molecule has 3 nitrogen and oxygen atoms in total. The molecule has 146 valence electrons. The average molecular weight is 393 g/mol. The molecular formula is C26H20FN3. The number of nitrogens with zero attached hydrogens (tertiary/aromatic N) is 3. The van der Waals surface area contributed by atoms with Gasteiger partial charge in [-0.2, -0.15) is 4.39 Å². The van der Waals surface area contributed by atoms with Crippen molar-refractivity contribution in [3.8, 4) is 11.1 Å². The van der Waals surface area contributed by atoms with E-state index in [1.54, 1.807) is 0 Å². The van der Waals surface area contributed by atoms with Gasteiger partial charge in [0.05, 0.1) is 5.52 Å². The number of hydrogen-bond acceptors (Lipinski definition) is 3. The molecule has 0 amide bonds. The molecule has 0 N–H and O–H groups in total. The highest BCUT2D eigenvalue weighted by molar-refractivity contribution is 5.78. The molecule has 4 aromatic rings. The summed E-state index contributed by atoms with van der Waals surface area (Å²) in [5.41, 5.74) is 6.61. The predicted octanol–water partition coefficient (Wildman–Crippen LogP) is 5.78. The minimum Gasteiger partial charge on any atom is -0.369 e. The Balaban J connectivity index is 1.28. The molecule has 2 atom stereocenters. The fourth-order valence-electron chi connectivity index (χ4n) is 4.57. The zero-order valence-corrected chi connectivity index (χ0v) is 16.4. The molecule has 0 spiro atoms. The van der Waals surface area contributed by atoms with Crippen LogP contribution >= 0.6 is 0 Å². The summed E-state index contributed by atoms with van der Waals surface area (Å²) in [6.45, 7) is 0.820. The Morgan fingerprint density at radius 2 is 1.90 bits per heavy atom. The van der Waals surface area contributed by atoms with Gasteiger partial charge in [0.25, 0.3) is 0 Å². The van der Waals surface area contributed by atoms with Gasteiger partial charge in [0.1, 0.15) is 0 Å². The fraction of sp³-hybridized carbons (Fsp3) is 0.154. The topological polar surface area (TPSA) is 29.0 Å². The lowest BCUT2D eigenvalue weighted by molar-refractivity contribution is 0.350. The first kappa shape index (κ1) is 17.3. The number of para-hydroxylation sites is 1. The maximum atomic E-state index is 13.7. The fourth-order valence-corrected chi connectivity index (χ4v) is 4.57. The van der Waals surface area contributed by atoms with Crippen LogP contribution in [0.25, 0.3) is 28.1 Å². The molecule has 1 saturated carbocycles. The van der Waals surface area contributed by atoms with Gasteiger partial charge in [-0.25, -0.2) is 4.98 Å². The molecule has 6 rings (SSSR count). The van der Waals surface area contributed by atoms with Crippen LogP contribution in [0.5, 0.6) is 0 Å². The van der Waals surface area contributed by atoms with E-state index in [-0.39, 0.29) is 0 Å². The van der Waals surface area contributed by atoms with Crippen molar-refractivity contribution in [3.63, 3.8) is 0 Å². The number of rotatable bonds is 3. The summed E-state index contributed by atoms with van der Waals surface area (Å²) in [4.78, 5) is 11.0. The van der Waals surface area contributed by atoms with Crippen molar-refractivity contribution >= 4 is 17.0 Å². The summed E-state index contributed by atoms with van der Waals surface area (Å²) < 4.78 is 13.7. The van der Waals surface area contributed by atoms with Crippen LogP contribution in [0.3, 0.4) is 0 Å². The third-order valence-corrected chi connectivity index (χ3v) is 6.22. The van der Waals surface area contributed by atoms with Crippen molar-refractivity contribution in [1.82, 2.24) is 14.9 Å². The van der Waals surface area contributed by atoms with Crippen LogP contribution in [0.4, 0.5) is 4.39 Å². The Kier molecular flexibility index (Phi) is 3.91. The van der Waals surface area contributed by atoms with E-state index in [1.165, 1.54) is 34.5 Å². The number of benzene rings is 2. The molecule has 1 fully saturated rings. The third-order valence-electron chi connectivity index (χ3n) is 6.22. The van der Waals surface area contributed by atoms with Gasteiger partial charge in [-0.15, -0.1) is 0 Å². The molecule has 1 aliphatic heterocycles. The highest BCUT2D eigenvalue weighted by atomic mass is 19.1. The zero-order valence-electron chi connectivity index (χ0n) is 16.4. The van der Waals surface area contributed by atoms with Crippen molar-refractivity contribution in [2.75, 3.05) is 0 Å². The number of hydrogen-bond donors (Lipinski definition) is 0. The number of fused-ring (bicyclic) bond motifs is 2. The Morgan fingerprint density at radius 1 is 0.967 bits per heavy atom. The van der Waals surface area contributed by atoms with E-state index >= 15 is 0 Å². The van der Waals surface area contributed by atoms with Crippen LogP contribution in [-0.2, 0) is 6.54 Å². The van der Waals surface area contributed by atoms with Gasteiger partial charge in [0.15, 0.2) is 0 Å². The van der Waals surface area contributed by atoms with Crippen LogP contribution in [0, 0.1) is 5.95 Å². The van der Waals surface area contributed by atoms with Crippen LogP contribution in [0.2, 0.25) is 0 Å². The smallest absolute Gasteiger partial charge is 0.213 e. The summed E-state index contributed by atoms with van der Waals surface area (Å²) in [7, 11) is 0. The minimum absolute atomic E-state index is 0.446. The van der Waals surface area contributed by atoms with Crippen molar-refractivity contribution in [2.24, 2.45) is 0 Å². The molecule has 4 heteroatoms. The van der Waals surface area contributed by atoms with E-state index in [4.69, 9.17) is 4.98 Å². The molecule has 30 heavy (non-hydrogen) atoms. The highest BCUT2D eigenvalue weighted by Gasteiger charge is 2.43. The summed E-state index contributed by atoms with van der Waals surface area (Å²) in [6.07, 6.45) is 7.01. The lowest BCUT2D eigenvalue weighted by Gasteiger charge is -2.28. The number of halogens is 1. The number of pyridine rings is 2. The summed E-state index contributed by atoms with van der Waals surface area (Å²) >= 11 is 0. The SMILES string of the molecule is Fc1cc(-c2cccc3c2CN(C2CC2c2ccc4ccccc4n2)C=C3)ccn1. The second-order valence-electron chi connectivity index (χ2n) is 8.07. The van der Waals surface area contributed by atoms with E-state index in [0.717, 1.165) is 29.6 Å². The quantitative estimate of drug-likeness (QED) is 0.413. The van der Waals surface area contributed by atoms with E-state index in [9.17, 15) is 4.39 Å². The molecule has 2 aromatic carbocycles. The van der Waals surface area contributed by atoms with Gasteiger partial charge in [-0.3, -0.25) is 4.98 Å². The maximum Gasteiger partial charge on any atom is 0.213 e. The molecule has 1 aliphatic carbocycles. The van der Waals surface area contributed by atoms with E-state index in [2.05, 4.69) is 58.6 Å². The van der Waals surface area contributed by atoms with Crippen LogP contribution < -0.4 is 0 Å². The summed E-state index contributed by atoms with van der Waals surface area (Å²) in [6, 6.07) is 22.7. The van der Waals surface area contributed by atoms with E-state index in [0.29, 0.717) is 12.0 Å². The lowest BCUT2D eigenvalue weighted by Crippen LogP contribution is -2.24. The van der Waals surface area contributed by atoms with Crippen molar-refractivity contribution in [2.45, 2.75) is 24.9 Å². The minimum atomic E-state index is -0.446. The van der Waals surface area contributed by atoms with Gasteiger partial charge in [0, 0.05) is 48.0 Å². The second kappa shape index (κ2) is 6.77. The molecule has 0 bridgehead atoms. The maximum absolute atomic E-state index is 13.7. The summed E-state index contributed by atoms with van der Waals surface area (Å²) in [5, 5.41) is 1.18. The van der Waals surface area contributed by atoms with Gasteiger partial charge >= 0.3 is 0 Å². The normalized spacial score (nSPS) is 19.7. The monoisotopic (exact) mass is 393 g/mol. The first-order valence-electron chi connectivity index (χ1n) is 10.3. The van der Waals surface area contributed by atoms with E-state index in [1.807, 2.05) is 24.3 Å². The van der Waals surface area contributed by atoms with Crippen LogP contribution in [-0.4, -0.2) is 20.9 Å². The first-order chi connectivity index (χ1) is 14.8. The molecule has 0 radical (unpaired) electrons. The van der Waals surface area contributed by atoms with Gasteiger partial charge in [0.2, 0.25) is 5.95 Å². The highest BCUT2D eigenvalue weighted by Crippen LogP contribution is 2.46. The predicted molar refractivity (Wildman–Crippen MR) is 117 cm³/mol. The third kappa shape index (κ3) is 2.96. The Bertz CT molecular complexity index is 1300. The number of aromatic nitrogens is 2. The van der Waals surface area contributed by atoms with Crippen molar-refractivity contribution < 1.29 is 4.39 Å². The molecule has 2 aromatic heterocycles.